The molecule has 0 radical (unpaired) electrons. The molecule has 0 bridgehead atoms. The van der Waals surface area contributed by atoms with Crippen LogP contribution in [-0.2, 0) is 0 Å². The third-order valence-corrected chi connectivity index (χ3v) is 1.73. The van der Waals surface area contributed by atoms with E-state index in [-0.39, 0.29) is 0 Å². The van der Waals surface area contributed by atoms with Gasteiger partial charge in [-0.25, -0.2) is 4.98 Å². The van der Waals surface area contributed by atoms with Gasteiger partial charge in [0.2, 0.25) is 0 Å². The van der Waals surface area contributed by atoms with Crippen LogP contribution in [-0.4, -0.2) is 10.7 Å². The van der Waals surface area contributed by atoms with Crippen molar-refractivity contribution in [2.75, 3.05) is 5.75 Å². The van der Waals surface area contributed by atoms with E-state index in [2.05, 4.69) is 4.98 Å². The smallest absolute Gasteiger partial charge is 0.0969 e. The molecule has 0 aromatic carbocycles. The Hall–Kier alpha value is -1.01. The van der Waals surface area contributed by atoms with Gasteiger partial charge in [0.1, 0.15) is 0 Å². The maximum Gasteiger partial charge on any atom is 0.0969 e. The van der Waals surface area contributed by atoms with E-state index in [1.54, 1.807) is 6.20 Å². The highest BCUT2D eigenvalue weighted by molar-refractivity contribution is 7.99. The molecule has 0 aliphatic carbocycles. The van der Waals surface area contributed by atoms with Crippen molar-refractivity contribution in [3.63, 3.8) is 0 Å². The van der Waals surface area contributed by atoms with Crippen LogP contribution in [0, 0.1) is 11.3 Å². The van der Waals surface area contributed by atoms with Crippen LogP contribution >= 0.6 is 11.8 Å². The zero-order valence-corrected chi connectivity index (χ0v) is 6.14. The molecule has 10 heavy (non-hydrogen) atoms. The van der Waals surface area contributed by atoms with Gasteiger partial charge in [0.15, 0.2) is 0 Å². The van der Waals surface area contributed by atoms with Gasteiger partial charge in [-0.05, 0) is 12.1 Å². The van der Waals surface area contributed by atoms with E-state index in [0.717, 1.165) is 5.03 Å². The average molecular weight is 150 g/mol. The summed E-state index contributed by atoms with van der Waals surface area (Å²) in [6.45, 7) is 0. The second kappa shape index (κ2) is 3.91. The quantitative estimate of drug-likeness (QED) is 0.602. The molecule has 0 amide bonds. The lowest BCUT2D eigenvalue weighted by molar-refractivity contribution is 1.14. The number of aromatic nitrogens is 1. The normalized spacial score (nSPS) is 8.70. The number of nitrogens with zero attached hydrogens (tertiary/aromatic N) is 2. The Kier molecular flexibility index (Phi) is 2.78. The number of nitriles is 1. The Labute approximate surface area is 63.9 Å². The van der Waals surface area contributed by atoms with E-state index >= 15 is 0 Å². The fourth-order valence-electron chi connectivity index (χ4n) is 0.539. The molecule has 0 fully saturated rings. The fourth-order valence-corrected chi connectivity index (χ4v) is 1.06. The van der Waals surface area contributed by atoms with Gasteiger partial charge >= 0.3 is 0 Å². The predicted molar refractivity (Wildman–Crippen MR) is 40.6 cm³/mol. The van der Waals surface area contributed by atoms with Gasteiger partial charge in [-0.1, -0.05) is 17.8 Å². The molecule has 1 heterocycles. The lowest BCUT2D eigenvalue weighted by Gasteiger charge is -1.91. The van der Waals surface area contributed by atoms with Crippen molar-refractivity contribution in [1.82, 2.24) is 4.98 Å². The lowest BCUT2D eigenvalue weighted by atomic mass is 10.5. The topological polar surface area (TPSA) is 36.7 Å². The van der Waals surface area contributed by atoms with Gasteiger partial charge in [0.25, 0.3) is 0 Å². The molecule has 2 nitrogen and oxygen atoms in total. The molecular formula is C7H6N2S. The standard InChI is InChI=1S/C7H6N2S/c8-4-6-10-7-3-1-2-5-9-7/h1-3,5H,6H2. The third-order valence-electron chi connectivity index (χ3n) is 0.922. The summed E-state index contributed by atoms with van der Waals surface area (Å²) in [7, 11) is 0. The van der Waals surface area contributed by atoms with Crippen molar-refractivity contribution in [3.05, 3.63) is 24.4 Å². The second-order valence-corrected chi connectivity index (χ2v) is 2.61. The summed E-state index contributed by atoms with van der Waals surface area (Å²) in [5.41, 5.74) is 0. The first-order valence-electron chi connectivity index (χ1n) is 2.84. The average Bonchev–Trinajstić information content (AvgIpc) is 2.03. The van der Waals surface area contributed by atoms with E-state index in [1.807, 2.05) is 24.3 Å². The van der Waals surface area contributed by atoms with Crippen LogP contribution < -0.4 is 0 Å². The van der Waals surface area contributed by atoms with Gasteiger partial charge in [0.05, 0.1) is 16.8 Å². The third kappa shape index (κ3) is 2.08. The minimum atomic E-state index is 0.469. The molecule has 50 valence electrons. The molecular weight excluding hydrogens is 144 g/mol. The summed E-state index contributed by atoms with van der Waals surface area (Å²) < 4.78 is 0. The SMILES string of the molecule is N#CCSc1ccccn1. The van der Waals surface area contributed by atoms with Crippen LogP contribution in [0.4, 0.5) is 0 Å². The summed E-state index contributed by atoms with van der Waals surface area (Å²) in [6.07, 6.45) is 1.72. The molecule has 0 atom stereocenters. The van der Waals surface area contributed by atoms with E-state index in [1.165, 1.54) is 11.8 Å². The Bertz CT molecular complexity index is 227. The zero-order valence-electron chi connectivity index (χ0n) is 5.32. The summed E-state index contributed by atoms with van der Waals surface area (Å²) in [5, 5.41) is 9.14. The highest BCUT2D eigenvalue weighted by Crippen LogP contribution is 2.11. The predicted octanol–water partition coefficient (Wildman–Crippen LogP) is 1.70. The van der Waals surface area contributed by atoms with E-state index < -0.39 is 0 Å². The van der Waals surface area contributed by atoms with Gasteiger partial charge in [-0.3, -0.25) is 0 Å². The molecule has 0 unspecified atom stereocenters. The minimum Gasteiger partial charge on any atom is -0.250 e. The summed E-state index contributed by atoms with van der Waals surface area (Å²) in [6, 6.07) is 7.70. The van der Waals surface area contributed by atoms with Crippen molar-refractivity contribution in [3.8, 4) is 6.07 Å². The first-order valence-corrected chi connectivity index (χ1v) is 3.83. The van der Waals surface area contributed by atoms with Gasteiger partial charge in [-0.2, -0.15) is 5.26 Å². The number of pyridine rings is 1. The Morgan fingerprint density at radius 2 is 2.50 bits per heavy atom. The molecule has 0 saturated heterocycles. The first-order chi connectivity index (χ1) is 4.93. The van der Waals surface area contributed by atoms with Gasteiger partial charge < -0.3 is 0 Å². The van der Waals surface area contributed by atoms with Crippen molar-refractivity contribution in [2.24, 2.45) is 0 Å². The van der Waals surface area contributed by atoms with Crippen molar-refractivity contribution >= 4 is 11.8 Å². The molecule has 0 saturated carbocycles. The molecule has 1 rings (SSSR count). The molecule has 0 spiro atoms. The van der Waals surface area contributed by atoms with Crippen molar-refractivity contribution in [2.45, 2.75) is 5.03 Å². The Morgan fingerprint density at radius 1 is 1.60 bits per heavy atom. The molecule has 3 heteroatoms. The van der Waals surface area contributed by atoms with Crippen LogP contribution in [0.5, 0.6) is 0 Å². The maximum absolute atomic E-state index is 8.23. The number of rotatable bonds is 2. The van der Waals surface area contributed by atoms with Crippen molar-refractivity contribution < 1.29 is 0 Å². The second-order valence-electron chi connectivity index (χ2n) is 1.61. The number of thioether (sulfide) groups is 1. The molecule has 1 aromatic heterocycles. The highest BCUT2D eigenvalue weighted by Gasteiger charge is 1.89. The number of hydrogen-bond donors (Lipinski definition) is 0. The Morgan fingerprint density at radius 3 is 3.10 bits per heavy atom. The summed E-state index contributed by atoms with van der Waals surface area (Å²) in [5.74, 6) is 0.469. The van der Waals surface area contributed by atoms with E-state index in [0.29, 0.717) is 5.75 Å². The highest BCUT2D eigenvalue weighted by atomic mass is 32.2. The van der Waals surface area contributed by atoms with E-state index in [4.69, 9.17) is 5.26 Å². The van der Waals surface area contributed by atoms with Gasteiger partial charge in [0, 0.05) is 6.20 Å². The lowest BCUT2D eigenvalue weighted by Crippen LogP contribution is -1.77. The fraction of sp³-hybridized carbons (Fsp3) is 0.143. The van der Waals surface area contributed by atoms with E-state index in [9.17, 15) is 0 Å². The zero-order chi connectivity index (χ0) is 7.23. The largest absolute Gasteiger partial charge is 0.250 e. The molecule has 1 aromatic rings. The molecule has 0 aliphatic heterocycles. The van der Waals surface area contributed by atoms with Crippen LogP contribution in [0.25, 0.3) is 0 Å². The van der Waals surface area contributed by atoms with Crippen LogP contribution in [0.1, 0.15) is 0 Å². The minimum absolute atomic E-state index is 0.469. The van der Waals surface area contributed by atoms with Crippen LogP contribution in [0.15, 0.2) is 29.4 Å². The van der Waals surface area contributed by atoms with Crippen LogP contribution in [0.2, 0.25) is 0 Å². The molecule has 0 N–H and O–H groups in total. The summed E-state index contributed by atoms with van der Waals surface area (Å²) >= 11 is 1.45. The van der Waals surface area contributed by atoms with Gasteiger partial charge in [-0.15, -0.1) is 0 Å². The summed E-state index contributed by atoms with van der Waals surface area (Å²) in [4.78, 5) is 4.03. The van der Waals surface area contributed by atoms with Crippen molar-refractivity contribution in [1.29, 1.82) is 5.26 Å². The monoisotopic (exact) mass is 150 g/mol. The number of hydrogen-bond acceptors (Lipinski definition) is 3. The first kappa shape index (κ1) is 7.10. The maximum atomic E-state index is 8.23. The Balaban J connectivity index is 2.52. The van der Waals surface area contributed by atoms with Crippen LogP contribution in [0.3, 0.4) is 0 Å². The molecule has 0 aliphatic rings.